The Hall–Kier alpha value is -2.26. The Balaban J connectivity index is 1.48. The highest BCUT2D eigenvalue weighted by Gasteiger charge is 2.19. The van der Waals surface area contributed by atoms with Gasteiger partial charge < -0.3 is 0 Å². The summed E-state index contributed by atoms with van der Waals surface area (Å²) in [5.41, 5.74) is 2.63. The minimum Gasteiger partial charge on any atom is -0.296 e. The fraction of sp³-hybridized carbons (Fsp3) is 0.100. The van der Waals surface area contributed by atoms with Gasteiger partial charge in [0.25, 0.3) is 5.91 Å². The van der Waals surface area contributed by atoms with Gasteiger partial charge in [0.15, 0.2) is 10.8 Å². The highest BCUT2D eigenvalue weighted by molar-refractivity contribution is 9.10. The molecule has 0 aliphatic rings. The highest BCUT2D eigenvalue weighted by atomic mass is 79.9. The molecule has 2 aromatic heterocycles. The molecule has 0 atom stereocenters. The lowest BCUT2D eigenvalue weighted by Crippen LogP contribution is -2.14. The molecule has 0 aliphatic carbocycles. The van der Waals surface area contributed by atoms with Crippen LogP contribution in [0.2, 0.25) is 10.0 Å². The van der Waals surface area contributed by atoms with Crippen LogP contribution in [0.3, 0.4) is 0 Å². The summed E-state index contributed by atoms with van der Waals surface area (Å²) in [6.45, 7) is 1.78. The number of nitrogens with one attached hydrogen (secondary N) is 1. The van der Waals surface area contributed by atoms with E-state index in [9.17, 15) is 4.79 Å². The number of halogens is 3. The maximum absolute atomic E-state index is 12.7. The lowest BCUT2D eigenvalue weighted by Gasteiger charge is -2.04. The molecule has 6 nitrogen and oxygen atoms in total. The van der Waals surface area contributed by atoms with E-state index in [-0.39, 0.29) is 11.6 Å². The highest BCUT2D eigenvalue weighted by Crippen LogP contribution is 2.27. The molecule has 30 heavy (non-hydrogen) atoms. The van der Waals surface area contributed by atoms with E-state index in [1.165, 1.54) is 11.3 Å². The first-order valence-electron chi connectivity index (χ1n) is 8.79. The SMILES string of the molecule is Cc1c(C(=O)Nc2ncc(Cc3ccc(Br)c(Cl)c3)s2)nnn1-c1cccc(Cl)c1. The van der Waals surface area contributed by atoms with Gasteiger partial charge in [-0.2, -0.15) is 0 Å². The molecular weight excluding hydrogens is 509 g/mol. The molecule has 4 rings (SSSR count). The van der Waals surface area contributed by atoms with Crippen LogP contribution in [-0.2, 0) is 6.42 Å². The minimum absolute atomic E-state index is 0.228. The smallest absolute Gasteiger partial charge is 0.279 e. The molecule has 2 heterocycles. The average Bonchev–Trinajstić information content (AvgIpc) is 3.31. The number of amides is 1. The fourth-order valence-electron chi connectivity index (χ4n) is 2.85. The van der Waals surface area contributed by atoms with Crippen molar-refractivity contribution in [2.45, 2.75) is 13.3 Å². The van der Waals surface area contributed by atoms with Crippen LogP contribution in [0.1, 0.15) is 26.6 Å². The first-order valence-corrected chi connectivity index (χ1v) is 11.2. The quantitative estimate of drug-likeness (QED) is 0.351. The molecular formula is C20H14BrCl2N5OS. The monoisotopic (exact) mass is 521 g/mol. The zero-order chi connectivity index (χ0) is 21.3. The predicted molar refractivity (Wildman–Crippen MR) is 123 cm³/mol. The third-order valence-corrected chi connectivity index (χ3v) is 6.68. The number of hydrogen-bond acceptors (Lipinski definition) is 5. The zero-order valence-electron chi connectivity index (χ0n) is 15.6. The van der Waals surface area contributed by atoms with Gasteiger partial charge in [0.1, 0.15) is 0 Å². The molecule has 1 amide bonds. The van der Waals surface area contributed by atoms with Gasteiger partial charge in [-0.15, -0.1) is 16.4 Å². The first kappa shape index (κ1) is 21.0. The van der Waals surface area contributed by atoms with Crippen molar-refractivity contribution in [3.63, 3.8) is 0 Å². The molecule has 0 fully saturated rings. The predicted octanol–water partition coefficient (Wildman–Crippen LogP) is 5.94. The molecule has 2 aromatic carbocycles. The van der Waals surface area contributed by atoms with E-state index in [1.807, 2.05) is 30.3 Å². The molecule has 0 spiro atoms. The van der Waals surface area contributed by atoms with Crippen molar-refractivity contribution >= 4 is 61.5 Å². The lowest BCUT2D eigenvalue weighted by molar-refractivity contribution is 0.102. The van der Waals surface area contributed by atoms with E-state index in [0.717, 1.165) is 20.6 Å². The van der Waals surface area contributed by atoms with Crippen molar-refractivity contribution in [1.29, 1.82) is 0 Å². The van der Waals surface area contributed by atoms with Gasteiger partial charge in [0.2, 0.25) is 0 Å². The van der Waals surface area contributed by atoms with Crippen molar-refractivity contribution in [2.24, 2.45) is 0 Å². The normalized spacial score (nSPS) is 10.9. The lowest BCUT2D eigenvalue weighted by atomic mass is 10.1. The van der Waals surface area contributed by atoms with Crippen LogP contribution in [0.5, 0.6) is 0 Å². The molecule has 0 bridgehead atoms. The van der Waals surface area contributed by atoms with Gasteiger partial charge in [-0.1, -0.05) is 40.5 Å². The number of thiazole rings is 1. The van der Waals surface area contributed by atoms with Crippen molar-refractivity contribution in [1.82, 2.24) is 20.0 Å². The Labute approximate surface area is 195 Å². The number of rotatable bonds is 5. The number of nitrogens with zero attached hydrogens (tertiary/aromatic N) is 4. The Kier molecular flexibility index (Phi) is 6.19. The summed E-state index contributed by atoms with van der Waals surface area (Å²) in [5.74, 6) is -0.367. The second kappa shape index (κ2) is 8.85. The van der Waals surface area contributed by atoms with Crippen LogP contribution in [0.25, 0.3) is 5.69 Å². The van der Waals surface area contributed by atoms with Gasteiger partial charge in [0.05, 0.1) is 16.4 Å². The van der Waals surface area contributed by atoms with Crippen LogP contribution in [0.4, 0.5) is 5.13 Å². The summed E-state index contributed by atoms with van der Waals surface area (Å²) in [4.78, 5) is 18.0. The van der Waals surface area contributed by atoms with Gasteiger partial charge in [-0.3, -0.25) is 10.1 Å². The number of carbonyl (C=O) groups is 1. The van der Waals surface area contributed by atoms with Crippen LogP contribution >= 0.6 is 50.5 Å². The van der Waals surface area contributed by atoms with Crippen LogP contribution < -0.4 is 5.32 Å². The second-order valence-electron chi connectivity index (χ2n) is 6.43. The van der Waals surface area contributed by atoms with Gasteiger partial charge in [0, 0.05) is 27.0 Å². The second-order valence-corrected chi connectivity index (χ2v) is 9.24. The standard InChI is InChI=1S/C20H14BrCl2N5OS/c1-11-18(26-27-28(11)14-4-2-3-13(22)9-14)19(29)25-20-24-10-15(30-20)7-12-5-6-16(21)17(23)8-12/h2-6,8-10H,7H2,1H3,(H,24,25,29). The number of anilines is 1. The van der Waals surface area contributed by atoms with E-state index < -0.39 is 0 Å². The van der Waals surface area contributed by atoms with E-state index in [0.29, 0.717) is 27.3 Å². The van der Waals surface area contributed by atoms with Crippen molar-refractivity contribution in [3.8, 4) is 5.69 Å². The number of aromatic nitrogens is 4. The molecule has 10 heteroatoms. The van der Waals surface area contributed by atoms with Crippen molar-refractivity contribution in [2.75, 3.05) is 5.32 Å². The Morgan fingerprint density at radius 1 is 1.23 bits per heavy atom. The molecule has 4 aromatic rings. The number of benzene rings is 2. The van der Waals surface area contributed by atoms with E-state index in [4.69, 9.17) is 23.2 Å². The first-order chi connectivity index (χ1) is 14.4. The summed E-state index contributed by atoms with van der Waals surface area (Å²) in [7, 11) is 0. The van der Waals surface area contributed by atoms with Gasteiger partial charge in [-0.25, -0.2) is 9.67 Å². The fourth-order valence-corrected chi connectivity index (χ4v) is 4.32. The summed E-state index contributed by atoms with van der Waals surface area (Å²) in [6.07, 6.45) is 2.41. The Morgan fingerprint density at radius 2 is 2.07 bits per heavy atom. The maximum Gasteiger partial charge on any atom is 0.279 e. The van der Waals surface area contributed by atoms with Crippen LogP contribution in [0, 0.1) is 6.92 Å². The van der Waals surface area contributed by atoms with Gasteiger partial charge >= 0.3 is 0 Å². The number of carbonyl (C=O) groups excluding carboxylic acids is 1. The van der Waals surface area contributed by atoms with Crippen molar-refractivity contribution in [3.05, 3.63) is 85.0 Å². The number of hydrogen-bond donors (Lipinski definition) is 1. The van der Waals surface area contributed by atoms with Gasteiger partial charge in [-0.05, 0) is 58.7 Å². The average molecular weight is 523 g/mol. The van der Waals surface area contributed by atoms with E-state index >= 15 is 0 Å². The van der Waals surface area contributed by atoms with Crippen LogP contribution in [0.15, 0.2) is 53.1 Å². The molecule has 1 N–H and O–H groups in total. The zero-order valence-corrected chi connectivity index (χ0v) is 19.5. The molecule has 0 saturated heterocycles. The summed E-state index contributed by atoms with van der Waals surface area (Å²) in [6, 6.07) is 13.0. The third-order valence-electron chi connectivity index (χ3n) is 4.30. The maximum atomic E-state index is 12.7. The molecule has 0 radical (unpaired) electrons. The summed E-state index contributed by atoms with van der Waals surface area (Å²) >= 11 is 17.0. The largest absolute Gasteiger partial charge is 0.296 e. The summed E-state index contributed by atoms with van der Waals surface area (Å²) in [5, 5.41) is 12.6. The molecule has 0 aliphatic heterocycles. The van der Waals surface area contributed by atoms with E-state index in [2.05, 4.69) is 36.5 Å². The molecule has 152 valence electrons. The van der Waals surface area contributed by atoms with Crippen molar-refractivity contribution < 1.29 is 4.79 Å². The Bertz CT molecular complexity index is 1240. The summed E-state index contributed by atoms with van der Waals surface area (Å²) < 4.78 is 2.43. The topological polar surface area (TPSA) is 72.7 Å². The minimum atomic E-state index is -0.367. The molecule has 0 saturated carbocycles. The Morgan fingerprint density at radius 3 is 2.83 bits per heavy atom. The van der Waals surface area contributed by atoms with Crippen LogP contribution in [-0.4, -0.2) is 25.9 Å². The van der Waals surface area contributed by atoms with E-state index in [1.54, 1.807) is 29.9 Å². The molecule has 0 unspecified atom stereocenters. The third kappa shape index (κ3) is 4.57.